The molecule has 0 aromatic heterocycles. The Bertz CT molecular complexity index is 733. The van der Waals surface area contributed by atoms with Crippen LogP contribution < -0.4 is 10.1 Å². The van der Waals surface area contributed by atoms with Gasteiger partial charge in [-0.05, 0) is 48.7 Å². The molecule has 5 nitrogen and oxygen atoms in total. The molecule has 6 heteroatoms. The first-order valence-corrected chi connectivity index (χ1v) is 7.73. The van der Waals surface area contributed by atoms with Crippen molar-refractivity contribution in [1.82, 2.24) is 0 Å². The maximum Gasteiger partial charge on any atom is 0.307 e. The summed E-state index contributed by atoms with van der Waals surface area (Å²) in [6, 6.07) is 10.3. The zero-order valence-corrected chi connectivity index (χ0v) is 14.2. The Morgan fingerprint density at radius 1 is 1.17 bits per heavy atom. The summed E-state index contributed by atoms with van der Waals surface area (Å²) in [6.45, 7) is 3.64. The van der Waals surface area contributed by atoms with Crippen LogP contribution in [0.2, 0.25) is 5.02 Å². The Hall–Kier alpha value is -2.53. The van der Waals surface area contributed by atoms with Crippen LogP contribution in [-0.4, -0.2) is 23.6 Å². The molecule has 0 saturated carbocycles. The number of aryl methyl sites for hydroxylation is 2. The molecule has 2 aromatic rings. The van der Waals surface area contributed by atoms with Crippen molar-refractivity contribution in [2.75, 3.05) is 11.9 Å². The molecular formula is C18H18ClNO4. The smallest absolute Gasteiger partial charge is 0.307 e. The number of carbonyl (C=O) groups excluding carboxylic acids is 1. The standard InChI is InChI=1S/C18H18ClNO4/c1-11-7-12(2)18(15(19)8-11)24-10-16(21)20-14-5-3-13(4-6-14)9-17(22)23/h3-8H,9-10H2,1-2H3,(H,20,21)(H,22,23). The van der Waals surface area contributed by atoms with E-state index in [1.165, 1.54) is 0 Å². The molecule has 2 rings (SSSR count). The van der Waals surface area contributed by atoms with E-state index in [9.17, 15) is 9.59 Å². The van der Waals surface area contributed by atoms with Crippen molar-refractivity contribution in [1.29, 1.82) is 0 Å². The summed E-state index contributed by atoms with van der Waals surface area (Å²) in [7, 11) is 0. The normalized spacial score (nSPS) is 10.3. The molecule has 2 N–H and O–H groups in total. The van der Waals surface area contributed by atoms with E-state index in [-0.39, 0.29) is 18.9 Å². The lowest BCUT2D eigenvalue weighted by molar-refractivity contribution is -0.136. The third kappa shape index (κ3) is 4.99. The van der Waals surface area contributed by atoms with Gasteiger partial charge in [0.25, 0.3) is 5.91 Å². The van der Waals surface area contributed by atoms with E-state index in [1.807, 2.05) is 19.9 Å². The molecule has 0 fully saturated rings. The van der Waals surface area contributed by atoms with Gasteiger partial charge in [-0.2, -0.15) is 0 Å². The molecule has 1 amide bonds. The molecule has 24 heavy (non-hydrogen) atoms. The van der Waals surface area contributed by atoms with Crippen molar-refractivity contribution in [3.63, 3.8) is 0 Å². The van der Waals surface area contributed by atoms with Gasteiger partial charge in [0, 0.05) is 5.69 Å². The number of benzene rings is 2. The van der Waals surface area contributed by atoms with Crippen LogP contribution >= 0.6 is 11.6 Å². The lowest BCUT2D eigenvalue weighted by atomic mass is 10.1. The Morgan fingerprint density at radius 2 is 1.83 bits per heavy atom. The van der Waals surface area contributed by atoms with E-state index in [0.29, 0.717) is 22.0 Å². The van der Waals surface area contributed by atoms with Crippen LogP contribution in [0.5, 0.6) is 5.75 Å². The number of anilines is 1. The van der Waals surface area contributed by atoms with Crippen molar-refractivity contribution in [2.45, 2.75) is 20.3 Å². The first kappa shape index (κ1) is 17.8. The van der Waals surface area contributed by atoms with Gasteiger partial charge < -0.3 is 15.2 Å². The number of carboxylic acids is 1. The minimum absolute atomic E-state index is 0.0530. The first-order chi connectivity index (χ1) is 11.3. The van der Waals surface area contributed by atoms with Crippen LogP contribution in [0.25, 0.3) is 0 Å². The van der Waals surface area contributed by atoms with Crippen molar-refractivity contribution >= 4 is 29.2 Å². The summed E-state index contributed by atoms with van der Waals surface area (Å²) in [6.07, 6.45) is -0.0530. The molecule has 2 aromatic carbocycles. The minimum atomic E-state index is -0.898. The molecule has 0 atom stereocenters. The third-order valence-electron chi connectivity index (χ3n) is 3.31. The summed E-state index contributed by atoms with van der Waals surface area (Å²) in [4.78, 5) is 22.6. The number of aliphatic carboxylic acids is 1. The Labute approximate surface area is 145 Å². The lowest BCUT2D eigenvalue weighted by Crippen LogP contribution is -2.20. The predicted molar refractivity (Wildman–Crippen MR) is 92.8 cm³/mol. The van der Waals surface area contributed by atoms with Gasteiger partial charge in [0.2, 0.25) is 0 Å². The summed E-state index contributed by atoms with van der Waals surface area (Å²) < 4.78 is 5.51. The molecular weight excluding hydrogens is 330 g/mol. The van der Waals surface area contributed by atoms with Gasteiger partial charge in [-0.1, -0.05) is 29.8 Å². The molecule has 0 heterocycles. The highest BCUT2D eigenvalue weighted by Crippen LogP contribution is 2.29. The minimum Gasteiger partial charge on any atom is -0.482 e. The van der Waals surface area contributed by atoms with Crippen LogP contribution in [0.3, 0.4) is 0 Å². The van der Waals surface area contributed by atoms with E-state index < -0.39 is 5.97 Å². The second-order valence-electron chi connectivity index (χ2n) is 5.50. The van der Waals surface area contributed by atoms with E-state index in [0.717, 1.165) is 11.1 Å². The molecule has 0 spiro atoms. The number of rotatable bonds is 6. The third-order valence-corrected chi connectivity index (χ3v) is 3.60. The lowest BCUT2D eigenvalue weighted by Gasteiger charge is -2.12. The monoisotopic (exact) mass is 347 g/mol. The van der Waals surface area contributed by atoms with E-state index in [4.69, 9.17) is 21.4 Å². The Morgan fingerprint density at radius 3 is 2.42 bits per heavy atom. The number of halogens is 1. The fraction of sp³-hybridized carbons (Fsp3) is 0.222. The number of amides is 1. The van der Waals surface area contributed by atoms with Crippen LogP contribution in [0.15, 0.2) is 36.4 Å². The Balaban J connectivity index is 1.93. The second-order valence-corrected chi connectivity index (χ2v) is 5.90. The maximum atomic E-state index is 12.0. The molecule has 0 aliphatic rings. The summed E-state index contributed by atoms with van der Waals surface area (Å²) >= 11 is 6.13. The van der Waals surface area contributed by atoms with Gasteiger partial charge in [-0.15, -0.1) is 0 Å². The highest BCUT2D eigenvalue weighted by molar-refractivity contribution is 6.32. The number of hydrogen-bond acceptors (Lipinski definition) is 3. The van der Waals surface area contributed by atoms with Crippen molar-refractivity contribution in [2.24, 2.45) is 0 Å². The fourth-order valence-electron chi connectivity index (χ4n) is 2.30. The molecule has 0 aliphatic heterocycles. The quantitative estimate of drug-likeness (QED) is 0.837. The number of ether oxygens (including phenoxy) is 1. The van der Waals surface area contributed by atoms with Crippen LogP contribution in [0.1, 0.15) is 16.7 Å². The van der Waals surface area contributed by atoms with E-state index in [2.05, 4.69) is 5.32 Å². The number of carboxylic acid groups (broad SMARTS) is 1. The highest BCUT2D eigenvalue weighted by Gasteiger charge is 2.10. The highest BCUT2D eigenvalue weighted by atomic mass is 35.5. The zero-order valence-electron chi connectivity index (χ0n) is 13.4. The summed E-state index contributed by atoms with van der Waals surface area (Å²) in [5.74, 6) is -0.725. The zero-order chi connectivity index (χ0) is 17.7. The van der Waals surface area contributed by atoms with Gasteiger partial charge >= 0.3 is 5.97 Å². The fourth-order valence-corrected chi connectivity index (χ4v) is 2.68. The van der Waals surface area contributed by atoms with Crippen LogP contribution in [0, 0.1) is 13.8 Å². The van der Waals surface area contributed by atoms with Gasteiger partial charge in [-0.3, -0.25) is 9.59 Å². The molecule has 0 bridgehead atoms. The van der Waals surface area contributed by atoms with Crippen LogP contribution in [-0.2, 0) is 16.0 Å². The van der Waals surface area contributed by atoms with Crippen molar-refractivity contribution < 1.29 is 19.4 Å². The molecule has 0 radical (unpaired) electrons. The molecule has 0 aliphatic carbocycles. The topological polar surface area (TPSA) is 75.6 Å². The van der Waals surface area contributed by atoms with Crippen molar-refractivity contribution in [3.8, 4) is 5.75 Å². The summed E-state index contributed by atoms with van der Waals surface area (Å²) in [5, 5.41) is 11.9. The second kappa shape index (κ2) is 7.84. The van der Waals surface area contributed by atoms with Gasteiger partial charge in [0.1, 0.15) is 5.75 Å². The number of hydrogen-bond donors (Lipinski definition) is 2. The van der Waals surface area contributed by atoms with E-state index in [1.54, 1.807) is 30.3 Å². The van der Waals surface area contributed by atoms with Crippen LogP contribution in [0.4, 0.5) is 5.69 Å². The SMILES string of the molecule is Cc1cc(C)c(OCC(=O)Nc2ccc(CC(=O)O)cc2)c(Cl)c1. The number of nitrogens with one attached hydrogen (secondary N) is 1. The van der Waals surface area contributed by atoms with E-state index >= 15 is 0 Å². The van der Waals surface area contributed by atoms with Gasteiger partial charge in [0.15, 0.2) is 6.61 Å². The molecule has 0 saturated heterocycles. The maximum absolute atomic E-state index is 12.0. The molecule has 126 valence electrons. The largest absolute Gasteiger partial charge is 0.482 e. The average molecular weight is 348 g/mol. The number of carbonyl (C=O) groups is 2. The van der Waals surface area contributed by atoms with Crippen molar-refractivity contribution in [3.05, 3.63) is 58.1 Å². The summed E-state index contributed by atoms with van der Waals surface area (Å²) in [5.41, 5.74) is 3.13. The predicted octanol–water partition coefficient (Wildman–Crippen LogP) is 3.60. The first-order valence-electron chi connectivity index (χ1n) is 7.35. The molecule has 0 unspecified atom stereocenters. The Kier molecular flexibility index (Phi) is 5.82. The average Bonchev–Trinajstić information content (AvgIpc) is 2.47. The van der Waals surface area contributed by atoms with Gasteiger partial charge in [0.05, 0.1) is 11.4 Å². The van der Waals surface area contributed by atoms with Gasteiger partial charge in [-0.25, -0.2) is 0 Å².